The van der Waals surface area contributed by atoms with Gasteiger partial charge in [0.1, 0.15) is 30.5 Å². The number of hydrogen-bond donors (Lipinski definition) is 0. The van der Waals surface area contributed by atoms with Gasteiger partial charge in [-0.05, 0) is 18.9 Å². The van der Waals surface area contributed by atoms with Crippen molar-refractivity contribution in [2.75, 3.05) is 19.6 Å². The number of amides is 2. The van der Waals surface area contributed by atoms with Crippen molar-refractivity contribution in [1.82, 2.24) is 24.6 Å². The van der Waals surface area contributed by atoms with E-state index in [2.05, 4.69) is 10.1 Å². The number of carbonyl (C=O) groups is 2. The van der Waals surface area contributed by atoms with Gasteiger partial charge < -0.3 is 14.5 Å². The van der Waals surface area contributed by atoms with Crippen molar-refractivity contribution in [3.8, 4) is 5.75 Å². The Kier molecular flexibility index (Phi) is 4.55. The smallest absolute Gasteiger partial charge is 0.244 e. The molecular weight excluding hydrogens is 346 g/mol. The lowest BCUT2D eigenvalue weighted by molar-refractivity contribution is -0.140. The molecule has 1 aromatic carbocycles. The maximum absolute atomic E-state index is 12.7. The summed E-state index contributed by atoms with van der Waals surface area (Å²) in [6.07, 6.45) is 4.59. The van der Waals surface area contributed by atoms with E-state index < -0.39 is 5.60 Å². The monoisotopic (exact) mass is 369 g/mol. The number of para-hydroxylation sites is 1. The van der Waals surface area contributed by atoms with Crippen LogP contribution in [0.1, 0.15) is 25.3 Å². The highest BCUT2D eigenvalue weighted by molar-refractivity contribution is 5.76. The minimum absolute atomic E-state index is 0.0146. The summed E-state index contributed by atoms with van der Waals surface area (Å²) in [7, 11) is 0. The van der Waals surface area contributed by atoms with Crippen LogP contribution in [-0.4, -0.2) is 61.6 Å². The number of carbonyl (C=O) groups excluding carboxylic acids is 2. The molecule has 27 heavy (non-hydrogen) atoms. The molecule has 0 N–H and O–H groups in total. The molecular formula is C19H23N5O3. The summed E-state index contributed by atoms with van der Waals surface area (Å²) in [4.78, 5) is 32.4. The zero-order chi connectivity index (χ0) is 18.9. The van der Waals surface area contributed by atoms with E-state index in [1.54, 1.807) is 6.92 Å². The van der Waals surface area contributed by atoms with Crippen LogP contribution in [0.3, 0.4) is 0 Å². The van der Waals surface area contributed by atoms with Gasteiger partial charge in [0, 0.05) is 25.6 Å². The second-order valence-corrected chi connectivity index (χ2v) is 7.28. The molecule has 0 aliphatic carbocycles. The maximum Gasteiger partial charge on any atom is 0.244 e. The lowest BCUT2D eigenvalue weighted by atomic mass is 9.91. The van der Waals surface area contributed by atoms with Crippen molar-refractivity contribution in [2.24, 2.45) is 0 Å². The molecule has 3 heterocycles. The van der Waals surface area contributed by atoms with Crippen LogP contribution >= 0.6 is 0 Å². The molecule has 1 spiro atoms. The van der Waals surface area contributed by atoms with Gasteiger partial charge in [0.25, 0.3) is 0 Å². The Morgan fingerprint density at radius 3 is 2.81 bits per heavy atom. The second-order valence-electron chi connectivity index (χ2n) is 7.28. The highest BCUT2D eigenvalue weighted by atomic mass is 16.5. The van der Waals surface area contributed by atoms with Crippen LogP contribution in [0.4, 0.5) is 0 Å². The molecule has 1 fully saturated rings. The van der Waals surface area contributed by atoms with Gasteiger partial charge in [0.2, 0.25) is 11.8 Å². The normalized spacial score (nSPS) is 22.1. The summed E-state index contributed by atoms with van der Waals surface area (Å²) < 4.78 is 7.98. The van der Waals surface area contributed by atoms with Crippen LogP contribution in [0.25, 0.3) is 0 Å². The fraction of sp³-hybridized carbons (Fsp3) is 0.474. The molecule has 2 amide bonds. The summed E-state index contributed by atoms with van der Waals surface area (Å²) in [5, 5.41) is 4.01. The minimum atomic E-state index is -0.589. The van der Waals surface area contributed by atoms with Crippen LogP contribution in [0.5, 0.6) is 5.75 Å². The van der Waals surface area contributed by atoms with Gasteiger partial charge >= 0.3 is 0 Å². The van der Waals surface area contributed by atoms with E-state index in [0.29, 0.717) is 26.2 Å². The third-order valence-corrected chi connectivity index (χ3v) is 5.24. The number of likely N-dealkylation sites (tertiary alicyclic amines) is 1. The molecule has 4 rings (SSSR count). The Morgan fingerprint density at radius 1 is 1.22 bits per heavy atom. The summed E-state index contributed by atoms with van der Waals surface area (Å²) in [5.41, 5.74) is 0.407. The van der Waals surface area contributed by atoms with Crippen molar-refractivity contribution >= 4 is 11.8 Å². The van der Waals surface area contributed by atoms with Crippen LogP contribution < -0.4 is 4.74 Å². The summed E-state index contributed by atoms with van der Waals surface area (Å²) >= 11 is 0. The number of rotatable bonds is 2. The number of fused-ring (bicyclic) bond motifs is 1. The van der Waals surface area contributed by atoms with Gasteiger partial charge in [-0.1, -0.05) is 18.2 Å². The predicted molar refractivity (Wildman–Crippen MR) is 96.7 cm³/mol. The highest BCUT2D eigenvalue weighted by Gasteiger charge is 2.43. The number of aromatic nitrogens is 3. The summed E-state index contributed by atoms with van der Waals surface area (Å²) in [6.45, 7) is 3.88. The molecule has 0 radical (unpaired) electrons. The molecule has 2 aliphatic rings. The first kappa shape index (κ1) is 17.5. The number of hydrogen-bond acceptors (Lipinski definition) is 5. The zero-order valence-corrected chi connectivity index (χ0v) is 15.4. The molecule has 1 saturated heterocycles. The average molecular weight is 369 g/mol. The van der Waals surface area contributed by atoms with E-state index in [1.165, 1.54) is 17.3 Å². The molecule has 0 bridgehead atoms. The first-order chi connectivity index (χ1) is 13.0. The van der Waals surface area contributed by atoms with Gasteiger partial charge in [0.05, 0.1) is 13.1 Å². The largest absolute Gasteiger partial charge is 0.483 e. The molecule has 142 valence electrons. The van der Waals surface area contributed by atoms with Crippen molar-refractivity contribution in [3.63, 3.8) is 0 Å². The maximum atomic E-state index is 12.7. The zero-order valence-electron chi connectivity index (χ0n) is 15.4. The predicted octanol–water partition coefficient (Wildman–Crippen LogP) is 1.08. The van der Waals surface area contributed by atoms with E-state index >= 15 is 0 Å². The first-order valence-corrected chi connectivity index (χ1v) is 9.17. The van der Waals surface area contributed by atoms with Gasteiger partial charge in [-0.15, -0.1) is 0 Å². The standard InChI is InChI=1S/C19H23N5O3/c1-15(25)23-9-16-5-2-3-6-17(16)27-19(12-23)7-4-8-22(11-19)18(26)10-24-14-20-13-21-24/h2-3,5-6,13-14H,4,7-12H2,1H3. The Hall–Kier alpha value is -2.90. The van der Waals surface area contributed by atoms with Crippen LogP contribution in [0.2, 0.25) is 0 Å². The van der Waals surface area contributed by atoms with E-state index in [0.717, 1.165) is 24.2 Å². The minimum Gasteiger partial charge on any atom is -0.483 e. The van der Waals surface area contributed by atoms with Gasteiger partial charge in [-0.3, -0.25) is 9.59 Å². The average Bonchev–Trinajstić information content (AvgIpc) is 3.10. The molecule has 8 heteroatoms. The van der Waals surface area contributed by atoms with E-state index in [1.807, 2.05) is 34.1 Å². The lowest BCUT2D eigenvalue weighted by Crippen LogP contribution is -2.58. The summed E-state index contributed by atoms with van der Waals surface area (Å²) in [6, 6.07) is 7.82. The van der Waals surface area contributed by atoms with E-state index in [-0.39, 0.29) is 18.4 Å². The Labute approximate surface area is 157 Å². The molecule has 1 unspecified atom stereocenters. The van der Waals surface area contributed by atoms with Gasteiger partial charge in [0.15, 0.2) is 0 Å². The lowest BCUT2D eigenvalue weighted by Gasteiger charge is -2.43. The van der Waals surface area contributed by atoms with Gasteiger partial charge in [-0.2, -0.15) is 5.10 Å². The Balaban J connectivity index is 1.58. The third-order valence-electron chi connectivity index (χ3n) is 5.24. The summed E-state index contributed by atoms with van der Waals surface area (Å²) in [5.74, 6) is 0.794. The highest BCUT2D eigenvalue weighted by Crippen LogP contribution is 2.34. The SMILES string of the molecule is CC(=O)N1Cc2ccccc2OC2(CCCN(C(=O)Cn3cncn3)C2)C1. The van der Waals surface area contributed by atoms with E-state index in [4.69, 9.17) is 4.74 Å². The third kappa shape index (κ3) is 3.65. The van der Waals surface area contributed by atoms with Crippen molar-refractivity contribution in [2.45, 2.75) is 38.5 Å². The molecule has 0 saturated carbocycles. The van der Waals surface area contributed by atoms with Crippen LogP contribution in [0, 0.1) is 0 Å². The van der Waals surface area contributed by atoms with Crippen molar-refractivity contribution in [1.29, 1.82) is 0 Å². The second kappa shape index (κ2) is 7.02. The van der Waals surface area contributed by atoms with Gasteiger partial charge in [-0.25, -0.2) is 9.67 Å². The molecule has 8 nitrogen and oxygen atoms in total. The molecule has 1 atom stereocenters. The topological polar surface area (TPSA) is 80.6 Å². The van der Waals surface area contributed by atoms with Crippen LogP contribution in [-0.2, 0) is 22.7 Å². The fourth-order valence-electron chi connectivity index (χ4n) is 3.91. The Bertz CT molecular complexity index is 838. The fourth-order valence-corrected chi connectivity index (χ4v) is 3.91. The quantitative estimate of drug-likeness (QED) is 0.791. The number of piperidine rings is 1. The van der Waals surface area contributed by atoms with Crippen molar-refractivity contribution in [3.05, 3.63) is 42.5 Å². The molecule has 1 aromatic heterocycles. The van der Waals surface area contributed by atoms with Crippen LogP contribution in [0.15, 0.2) is 36.9 Å². The molecule has 2 aromatic rings. The number of nitrogens with zero attached hydrogens (tertiary/aromatic N) is 5. The number of benzene rings is 1. The molecule has 2 aliphatic heterocycles. The Morgan fingerprint density at radius 2 is 2.04 bits per heavy atom. The first-order valence-electron chi connectivity index (χ1n) is 9.17. The van der Waals surface area contributed by atoms with Crippen molar-refractivity contribution < 1.29 is 14.3 Å². The van der Waals surface area contributed by atoms with E-state index in [9.17, 15) is 9.59 Å². The number of ether oxygens (including phenoxy) is 1.